The molecule has 0 fully saturated rings. The summed E-state index contributed by atoms with van der Waals surface area (Å²) >= 11 is 0. The van der Waals surface area contributed by atoms with E-state index < -0.39 is 4.92 Å². The molecule has 0 spiro atoms. The predicted octanol–water partition coefficient (Wildman–Crippen LogP) is 0.686. The number of carbonyl (C=O) groups is 1. The fourth-order valence-corrected chi connectivity index (χ4v) is 1.51. The van der Waals surface area contributed by atoms with Crippen LogP contribution in [0.4, 0.5) is 5.69 Å². The van der Waals surface area contributed by atoms with Gasteiger partial charge in [-0.25, -0.2) is 0 Å². The second-order valence-corrected chi connectivity index (χ2v) is 4.08. The first-order valence-electron chi connectivity index (χ1n) is 6.15. The van der Waals surface area contributed by atoms with Crippen molar-refractivity contribution in [3.63, 3.8) is 0 Å². The fourth-order valence-electron chi connectivity index (χ4n) is 1.51. The third-order valence-electron chi connectivity index (χ3n) is 2.60. The number of rotatable bonds is 8. The maximum atomic E-state index is 11.9. The van der Waals surface area contributed by atoms with E-state index >= 15 is 0 Å². The van der Waals surface area contributed by atoms with Crippen molar-refractivity contribution in [1.82, 2.24) is 15.6 Å². The Morgan fingerprint density at radius 3 is 2.76 bits per heavy atom. The smallest absolute Gasteiger partial charge is 0.288 e. The van der Waals surface area contributed by atoms with Crippen molar-refractivity contribution in [3.05, 3.63) is 33.6 Å². The number of methoxy groups -OCH3 is 1. The van der Waals surface area contributed by atoms with Crippen LogP contribution in [-0.4, -0.2) is 49.2 Å². The number of aromatic nitrogens is 1. The molecule has 0 aliphatic heterocycles. The maximum Gasteiger partial charge on any atom is 0.288 e. The van der Waals surface area contributed by atoms with Crippen LogP contribution in [0.1, 0.15) is 16.1 Å². The van der Waals surface area contributed by atoms with E-state index in [1.54, 1.807) is 14.0 Å². The maximum absolute atomic E-state index is 11.9. The monoisotopic (exact) mass is 318 g/mol. The van der Waals surface area contributed by atoms with Gasteiger partial charge in [-0.2, -0.15) is 0 Å². The van der Waals surface area contributed by atoms with Gasteiger partial charge >= 0.3 is 0 Å². The number of pyridine rings is 1. The molecule has 0 saturated heterocycles. The number of nitrogens with one attached hydrogen (secondary N) is 2. The summed E-state index contributed by atoms with van der Waals surface area (Å²) in [4.78, 5) is 25.8. The van der Waals surface area contributed by atoms with Crippen molar-refractivity contribution in [1.29, 1.82) is 0 Å². The van der Waals surface area contributed by atoms with E-state index in [9.17, 15) is 14.9 Å². The van der Waals surface area contributed by atoms with Crippen molar-refractivity contribution in [2.24, 2.45) is 0 Å². The highest BCUT2D eigenvalue weighted by Crippen LogP contribution is 2.14. The number of aryl methyl sites for hydroxylation is 1. The summed E-state index contributed by atoms with van der Waals surface area (Å²) in [7, 11) is 1.61. The van der Waals surface area contributed by atoms with Crippen LogP contribution in [0.15, 0.2) is 12.3 Å². The molecule has 9 heteroatoms. The summed E-state index contributed by atoms with van der Waals surface area (Å²) in [6, 6.07) is 1.23. The molecule has 2 N–H and O–H groups in total. The molecule has 118 valence electrons. The molecule has 0 radical (unpaired) electrons. The van der Waals surface area contributed by atoms with Crippen LogP contribution in [0, 0.1) is 17.0 Å². The van der Waals surface area contributed by atoms with E-state index in [1.165, 1.54) is 6.07 Å². The molecule has 0 bridgehead atoms. The molecular formula is C12H19ClN4O4. The molecule has 0 atom stereocenters. The highest BCUT2D eigenvalue weighted by molar-refractivity contribution is 5.95. The van der Waals surface area contributed by atoms with Gasteiger partial charge in [0.1, 0.15) is 6.20 Å². The Balaban J connectivity index is 0.00000400. The Labute approximate surface area is 128 Å². The van der Waals surface area contributed by atoms with E-state index in [2.05, 4.69) is 15.6 Å². The zero-order valence-corrected chi connectivity index (χ0v) is 12.7. The van der Waals surface area contributed by atoms with E-state index in [-0.39, 0.29) is 29.6 Å². The molecule has 1 aromatic heterocycles. The summed E-state index contributed by atoms with van der Waals surface area (Å²) < 4.78 is 4.87. The lowest BCUT2D eigenvalue weighted by molar-refractivity contribution is -0.385. The van der Waals surface area contributed by atoms with Crippen molar-refractivity contribution in [2.45, 2.75) is 6.92 Å². The van der Waals surface area contributed by atoms with E-state index in [0.29, 0.717) is 31.9 Å². The Bertz CT molecular complexity index is 484. The molecule has 1 rings (SSSR count). The summed E-state index contributed by atoms with van der Waals surface area (Å²) in [5.41, 5.74) is 0.482. The number of nitro groups is 1. The molecule has 0 aromatic carbocycles. The van der Waals surface area contributed by atoms with Gasteiger partial charge in [0.15, 0.2) is 0 Å². The number of hydrogen-bond acceptors (Lipinski definition) is 6. The van der Waals surface area contributed by atoms with Crippen LogP contribution < -0.4 is 10.6 Å². The van der Waals surface area contributed by atoms with Gasteiger partial charge in [0, 0.05) is 32.8 Å². The number of amides is 1. The lowest BCUT2D eigenvalue weighted by Crippen LogP contribution is -2.33. The number of nitrogens with zero attached hydrogens (tertiary/aromatic N) is 2. The quantitative estimate of drug-likeness (QED) is 0.415. The second-order valence-electron chi connectivity index (χ2n) is 4.08. The lowest BCUT2D eigenvalue weighted by atomic mass is 10.2. The topological polar surface area (TPSA) is 106 Å². The summed E-state index contributed by atoms with van der Waals surface area (Å²) in [6.07, 6.45) is 1.14. The van der Waals surface area contributed by atoms with Gasteiger partial charge < -0.3 is 15.4 Å². The third-order valence-corrected chi connectivity index (χ3v) is 2.60. The lowest BCUT2D eigenvalue weighted by Gasteiger charge is -2.08. The number of halogens is 1. The molecule has 21 heavy (non-hydrogen) atoms. The van der Waals surface area contributed by atoms with Crippen molar-refractivity contribution in [2.75, 3.05) is 33.4 Å². The van der Waals surface area contributed by atoms with Crippen LogP contribution in [0.25, 0.3) is 0 Å². The molecule has 1 amide bonds. The molecule has 0 unspecified atom stereocenters. The zero-order chi connectivity index (χ0) is 15.0. The number of carbonyl (C=O) groups excluding carboxylic acids is 1. The Morgan fingerprint density at radius 2 is 2.14 bits per heavy atom. The molecule has 0 saturated carbocycles. The summed E-state index contributed by atoms with van der Waals surface area (Å²) in [5.74, 6) is -0.368. The minimum Gasteiger partial charge on any atom is -0.383 e. The zero-order valence-electron chi connectivity index (χ0n) is 11.9. The standard InChI is InChI=1S/C12H18N4O4.ClH/c1-9-11(7-10(8-15-9)16(18)19)12(17)14-4-3-13-5-6-20-2;/h7-8,13H,3-6H2,1-2H3,(H,14,17);1H. The van der Waals surface area contributed by atoms with Crippen molar-refractivity contribution >= 4 is 24.0 Å². The second kappa shape index (κ2) is 10.0. The fraction of sp³-hybridized carbons (Fsp3) is 0.500. The molecule has 1 aromatic rings. The van der Waals surface area contributed by atoms with Gasteiger partial charge in [-0.3, -0.25) is 19.9 Å². The van der Waals surface area contributed by atoms with E-state index in [1.807, 2.05) is 0 Å². The molecule has 8 nitrogen and oxygen atoms in total. The molecular weight excluding hydrogens is 300 g/mol. The molecule has 1 heterocycles. The van der Waals surface area contributed by atoms with Crippen molar-refractivity contribution < 1.29 is 14.5 Å². The Hall–Kier alpha value is -1.77. The van der Waals surface area contributed by atoms with Gasteiger partial charge in [-0.15, -0.1) is 12.4 Å². The SMILES string of the molecule is COCCNCCNC(=O)c1cc([N+](=O)[O-])cnc1C.Cl. The summed E-state index contributed by atoms with van der Waals surface area (Å²) in [6.45, 7) is 3.95. The molecule has 0 aliphatic carbocycles. The predicted molar refractivity (Wildman–Crippen MR) is 80.0 cm³/mol. The van der Waals surface area contributed by atoms with Crippen LogP contribution in [-0.2, 0) is 4.74 Å². The summed E-state index contributed by atoms with van der Waals surface area (Å²) in [5, 5.41) is 16.4. The number of hydrogen-bond donors (Lipinski definition) is 2. The highest BCUT2D eigenvalue weighted by Gasteiger charge is 2.15. The average Bonchev–Trinajstić information content (AvgIpc) is 2.42. The highest BCUT2D eigenvalue weighted by atomic mass is 35.5. The normalized spacial score (nSPS) is 9.81. The van der Waals surface area contributed by atoms with Crippen LogP contribution in [0.3, 0.4) is 0 Å². The van der Waals surface area contributed by atoms with E-state index in [0.717, 1.165) is 6.20 Å². The third kappa shape index (κ3) is 6.48. The molecule has 0 aliphatic rings. The minimum absolute atomic E-state index is 0. The van der Waals surface area contributed by atoms with Crippen LogP contribution >= 0.6 is 12.4 Å². The minimum atomic E-state index is -0.574. The first-order chi connectivity index (χ1) is 9.56. The van der Waals surface area contributed by atoms with Crippen LogP contribution in [0.2, 0.25) is 0 Å². The van der Waals surface area contributed by atoms with Gasteiger partial charge in [-0.05, 0) is 6.92 Å². The number of ether oxygens (including phenoxy) is 1. The Morgan fingerprint density at radius 1 is 1.43 bits per heavy atom. The Kier molecular flexibility index (Phi) is 9.18. The first-order valence-corrected chi connectivity index (χ1v) is 6.15. The van der Waals surface area contributed by atoms with E-state index in [4.69, 9.17) is 4.74 Å². The average molecular weight is 319 g/mol. The van der Waals surface area contributed by atoms with Crippen molar-refractivity contribution in [3.8, 4) is 0 Å². The van der Waals surface area contributed by atoms with Gasteiger partial charge in [0.2, 0.25) is 0 Å². The van der Waals surface area contributed by atoms with Gasteiger partial charge in [0.05, 0.1) is 22.8 Å². The van der Waals surface area contributed by atoms with Gasteiger partial charge in [-0.1, -0.05) is 0 Å². The van der Waals surface area contributed by atoms with Gasteiger partial charge in [0.25, 0.3) is 11.6 Å². The largest absolute Gasteiger partial charge is 0.383 e. The van der Waals surface area contributed by atoms with Crippen LogP contribution in [0.5, 0.6) is 0 Å². The first kappa shape index (κ1) is 19.2.